The van der Waals surface area contributed by atoms with Crippen LogP contribution in [0.5, 0.6) is 0 Å². The summed E-state index contributed by atoms with van der Waals surface area (Å²) in [5.74, 6) is 0. The SMILES string of the molecule is Cc1c(CN2CCOCC2)c(CN2CCOCC2)c(C)n1C1CCCCC1. The first kappa shape index (κ1) is 19.4. The summed E-state index contributed by atoms with van der Waals surface area (Å²) in [4.78, 5) is 5.17. The molecule has 5 heteroatoms. The van der Waals surface area contributed by atoms with Crippen molar-refractivity contribution in [2.24, 2.45) is 0 Å². The molecule has 2 aliphatic heterocycles. The quantitative estimate of drug-likeness (QED) is 0.790. The molecule has 1 saturated carbocycles. The first-order chi connectivity index (χ1) is 13.2. The van der Waals surface area contributed by atoms with E-state index in [2.05, 4.69) is 28.2 Å². The third-order valence-corrected chi connectivity index (χ3v) is 6.87. The largest absolute Gasteiger partial charge is 0.379 e. The van der Waals surface area contributed by atoms with Crippen molar-refractivity contribution in [2.75, 3.05) is 52.6 Å². The second-order valence-electron chi connectivity index (χ2n) is 8.57. The van der Waals surface area contributed by atoms with E-state index < -0.39 is 0 Å². The number of nitrogens with zero attached hydrogens (tertiary/aromatic N) is 3. The van der Waals surface area contributed by atoms with E-state index in [-0.39, 0.29) is 0 Å². The van der Waals surface area contributed by atoms with Crippen molar-refractivity contribution < 1.29 is 9.47 Å². The van der Waals surface area contributed by atoms with Crippen molar-refractivity contribution in [2.45, 2.75) is 65.1 Å². The van der Waals surface area contributed by atoms with E-state index in [1.807, 2.05) is 0 Å². The lowest BCUT2D eigenvalue weighted by molar-refractivity contribution is 0.0309. The number of rotatable bonds is 5. The molecule has 0 bridgehead atoms. The highest BCUT2D eigenvalue weighted by Gasteiger charge is 2.27. The number of hydrogen-bond acceptors (Lipinski definition) is 4. The Labute approximate surface area is 164 Å². The Morgan fingerprint density at radius 3 is 1.59 bits per heavy atom. The molecule has 5 nitrogen and oxygen atoms in total. The highest BCUT2D eigenvalue weighted by atomic mass is 16.5. The van der Waals surface area contributed by atoms with E-state index in [1.54, 1.807) is 11.1 Å². The van der Waals surface area contributed by atoms with Gasteiger partial charge in [0.25, 0.3) is 0 Å². The molecular weight excluding hydrogens is 338 g/mol. The molecule has 4 rings (SSSR count). The number of ether oxygens (including phenoxy) is 2. The maximum absolute atomic E-state index is 5.57. The third-order valence-electron chi connectivity index (χ3n) is 6.87. The number of hydrogen-bond donors (Lipinski definition) is 0. The molecule has 0 unspecified atom stereocenters. The second kappa shape index (κ2) is 9.08. The number of morpholine rings is 2. The monoisotopic (exact) mass is 375 g/mol. The normalized spacial score (nSPS) is 23.8. The Morgan fingerprint density at radius 2 is 1.15 bits per heavy atom. The van der Waals surface area contributed by atoms with Crippen LogP contribution in [-0.4, -0.2) is 67.0 Å². The van der Waals surface area contributed by atoms with Gasteiger partial charge in [-0.15, -0.1) is 0 Å². The highest BCUT2D eigenvalue weighted by Crippen LogP contribution is 2.35. The molecule has 0 atom stereocenters. The van der Waals surface area contributed by atoms with Gasteiger partial charge in [-0.25, -0.2) is 0 Å². The van der Waals surface area contributed by atoms with Crippen molar-refractivity contribution in [3.8, 4) is 0 Å². The molecular formula is C22H37N3O2. The Kier molecular flexibility index (Phi) is 6.54. The third kappa shape index (κ3) is 4.42. The van der Waals surface area contributed by atoms with Gasteiger partial charge < -0.3 is 14.0 Å². The summed E-state index contributed by atoms with van der Waals surface area (Å²) < 4.78 is 13.9. The van der Waals surface area contributed by atoms with Gasteiger partial charge in [0.05, 0.1) is 26.4 Å². The minimum atomic E-state index is 0.709. The minimum absolute atomic E-state index is 0.709. The molecule has 1 aromatic heterocycles. The standard InChI is InChI=1S/C22H37N3O2/c1-18-21(16-23-8-12-26-13-9-23)22(17-24-10-14-27-15-11-24)19(2)25(18)20-6-4-3-5-7-20/h20H,3-17H2,1-2H3. The fourth-order valence-electron chi connectivity index (χ4n) is 5.25. The van der Waals surface area contributed by atoms with E-state index in [0.717, 1.165) is 65.7 Å². The van der Waals surface area contributed by atoms with Crippen LogP contribution in [0.25, 0.3) is 0 Å². The zero-order valence-corrected chi connectivity index (χ0v) is 17.3. The predicted octanol–water partition coefficient (Wildman–Crippen LogP) is 3.27. The van der Waals surface area contributed by atoms with E-state index in [9.17, 15) is 0 Å². The van der Waals surface area contributed by atoms with Crippen LogP contribution < -0.4 is 0 Å². The summed E-state index contributed by atoms with van der Waals surface area (Å²) in [7, 11) is 0. The van der Waals surface area contributed by atoms with Gasteiger partial charge in [0, 0.05) is 56.7 Å². The van der Waals surface area contributed by atoms with Crippen molar-refractivity contribution in [1.82, 2.24) is 14.4 Å². The average molecular weight is 376 g/mol. The van der Waals surface area contributed by atoms with Crippen LogP contribution >= 0.6 is 0 Å². The summed E-state index contributed by atoms with van der Waals surface area (Å²) in [5.41, 5.74) is 6.22. The summed E-state index contributed by atoms with van der Waals surface area (Å²) >= 11 is 0. The number of aromatic nitrogens is 1. The van der Waals surface area contributed by atoms with E-state index in [0.29, 0.717) is 6.04 Å². The maximum Gasteiger partial charge on any atom is 0.0594 e. The molecule has 3 heterocycles. The van der Waals surface area contributed by atoms with Gasteiger partial charge in [-0.3, -0.25) is 9.80 Å². The molecule has 1 aliphatic carbocycles. The summed E-state index contributed by atoms with van der Waals surface area (Å²) in [5, 5.41) is 0. The van der Waals surface area contributed by atoms with Gasteiger partial charge in [-0.05, 0) is 37.8 Å². The van der Waals surface area contributed by atoms with Gasteiger partial charge in [-0.2, -0.15) is 0 Å². The van der Waals surface area contributed by atoms with Gasteiger partial charge >= 0.3 is 0 Å². The van der Waals surface area contributed by atoms with Crippen LogP contribution in [0, 0.1) is 13.8 Å². The van der Waals surface area contributed by atoms with Gasteiger partial charge in [0.1, 0.15) is 0 Å². The Balaban J connectivity index is 1.62. The van der Waals surface area contributed by atoms with Crippen LogP contribution in [0.4, 0.5) is 0 Å². The van der Waals surface area contributed by atoms with Crippen molar-refractivity contribution >= 4 is 0 Å². The predicted molar refractivity (Wildman–Crippen MR) is 108 cm³/mol. The molecule has 0 amide bonds. The van der Waals surface area contributed by atoms with Crippen molar-refractivity contribution in [3.63, 3.8) is 0 Å². The molecule has 3 aliphatic rings. The smallest absolute Gasteiger partial charge is 0.0594 e. The van der Waals surface area contributed by atoms with Crippen LogP contribution in [0.1, 0.15) is 60.7 Å². The van der Waals surface area contributed by atoms with Crippen molar-refractivity contribution in [1.29, 1.82) is 0 Å². The van der Waals surface area contributed by atoms with Crippen molar-refractivity contribution in [3.05, 3.63) is 22.5 Å². The zero-order chi connectivity index (χ0) is 18.6. The summed E-state index contributed by atoms with van der Waals surface area (Å²) in [6.07, 6.45) is 6.89. The molecule has 152 valence electrons. The molecule has 0 aromatic carbocycles. The summed E-state index contributed by atoms with van der Waals surface area (Å²) in [6.45, 7) is 14.6. The van der Waals surface area contributed by atoms with Crippen LogP contribution in [-0.2, 0) is 22.6 Å². The lowest BCUT2D eigenvalue weighted by atomic mass is 9.95. The molecule has 1 aromatic rings. The Bertz CT molecular complexity index is 566. The Morgan fingerprint density at radius 1 is 0.704 bits per heavy atom. The lowest BCUT2D eigenvalue weighted by Gasteiger charge is -2.29. The first-order valence-corrected chi connectivity index (χ1v) is 11.0. The van der Waals surface area contributed by atoms with Crippen LogP contribution in [0.15, 0.2) is 0 Å². The van der Waals surface area contributed by atoms with Crippen LogP contribution in [0.2, 0.25) is 0 Å². The second-order valence-corrected chi connectivity index (χ2v) is 8.57. The lowest BCUT2D eigenvalue weighted by Crippen LogP contribution is -2.37. The van der Waals surface area contributed by atoms with E-state index in [1.165, 1.54) is 43.5 Å². The van der Waals surface area contributed by atoms with Gasteiger partial charge in [0.2, 0.25) is 0 Å². The average Bonchev–Trinajstić information content (AvgIpc) is 2.94. The molecule has 0 N–H and O–H groups in total. The fourth-order valence-corrected chi connectivity index (χ4v) is 5.25. The molecule has 2 saturated heterocycles. The maximum atomic E-state index is 5.57. The molecule has 27 heavy (non-hydrogen) atoms. The minimum Gasteiger partial charge on any atom is -0.379 e. The zero-order valence-electron chi connectivity index (χ0n) is 17.3. The molecule has 3 fully saturated rings. The molecule has 0 radical (unpaired) electrons. The van der Waals surface area contributed by atoms with Gasteiger partial charge in [0.15, 0.2) is 0 Å². The fraction of sp³-hybridized carbons (Fsp3) is 0.818. The first-order valence-electron chi connectivity index (χ1n) is 11.0. The van der Waals surface area contributed by atoms with E-state index in [4.69, 9.17) is 9.47 Å². The summed E-state index contributed by atoms with van der Waals surface area (Å²) in [6, 6.07) is 0.709. The molecule has 0 spiro atoms. The topological polar surface area (TPSA) is 29.9 Å². The van der Waals surface area contributed by atoms with Crippen LogP contribution in [0.3, 0.4) is 0 Å². The highest BCUT2D eigenvalue weighted by molar-refractivity contribution is 5.38. The van der Waals surface area contributed by atoms with Gasteiger partial charge in [-0.1, -0.05) is 19.3 Å². The van der Waals surface area contributed by atoms with E-state index >= 15 is 0 Å². The Hall–Kier alpha value is -0.880.